The highest BCUT2D eigenvalue weighted by Gasteiger charge is 2.45. The van der Waals surface area contributed by atoms with Crippen LogP contribution in [0.15, 0.2) is 30.5 Å². The molecule has 2 aromatic heterocycles. The van der Waals surface area contributed by atoms with Gasteiger partial charge in [-0.15, -0.1) is 11.3 Å². The summed E-state index contributed by atoms with van der Waals surface area (Å²) in [4.78, 5) is 22.9. The number of nitrogens with zero attached hydrogens (tertiary/aromatic N) is 3. The number of benzene rings is 1. The quantitative estimate of drug-likeness (QED) is 0.489. The normalized spacial score (nSPS) is 13.2. The van der Waals surface area contributed by atoms with Crippen molar-refractivity contribution in [2.24, 2.45) is 0 Å². The Balaban J connectivity index is 2.09. The monoisotopic (exact) mass is 474 g/mol. The van der Waals surface area contributed by atoms with Gasteiger partial charge in [-0.05, 0) is 18.6 Å². The maximum absolute atomic E-state index is 13.8. The summed E-state index contributed by atoms with van der Waals surface area (Å²) in [6.07, 6.45) is -6.24. The van der Waals surface area contributed by atoms with Gasteiger partial charge in [0.25, 0.3) is 5.88 Å². The fraction of sp³-hybridized carbons (Fsp3) is 0.333. The number of hydrogen-bond acceptors (Lipinski definition) is 8. The number of thiazole rings is 1. The molecule has 1 unspecified atom stereocenters. The Hall–Kier alpha value is -2.80. The molecule has 0 saturated carbocycles. The highest BCUT2D eigenvalue weighted by molar-refractivity contribution is 7.92. The third-order valence-corrected chi connectivity index (χ3v) is 6.46. The largest absolute Gasteiger partial charge is 0.456 e. The number of anilines is 1. The van der Waals surface area contributed by atoms with Crippen molar-refractivity contribution in [1.82, 2.24) is 15.0 Å². The molecule has 166 valence electrons. The molecule has 1 N–H and O–H groups in total. The molecule has 13 heteroatoms. The molecule has 0 spiro atoms. The molecule has 3 aromatic rings. The van der Waals surface area contributed by atoms with Crippen LogP contribution in [0.2, 0.25) is 0 Å². The summed E-state index contributed by atoms with van der Waals surface area (Å²) in [5, 5.41) is -0.110. The second-order valence-electron chi connectivity index (χ2n) is 6.45. The average Bonchev–Trinajstić information content (AvgIpc) is 3.14. The van der Waals surface area contributed by atoms with Crippen LogP contribution in [0.5, 0.6) is 5.88 Å². The number of carbonyl (C=O) groups excluding carboxylic acids is 1. The van der Waals surface area contributed by atoms with Gasteiger partial charge in [-0.3, -0.25) is 9.52 Å². The number of halogens is 3. The van der Waals surface area contributed by atoms with E-state index in [-0.39, 0.29) is 33.1 Å². The Morgan fingerprint density at radius 3 is 2.42 bits per heavy atom. The van der Waals surface area contributed by atoms with E-state index in [1.807, 2.05) is 0 Å². The van der Waals surface area contributed by atoms with Crippen LogP contribution in [0.1, 0.15) is 41.1 Å². The Morgan fingerprint density at radius 2 is 1.87 bits per heavy atom. The number of sulfonamides is 1. The lowest BCUT2D eigenvalue weighted by Crippen LogP contribution is -2.27. The van der Waals surface area contributed by atoms with E-state index in [4.69, 9.17) is 4.74 Å². The second kappa shape index (κ2) is 8.75. The number of ether oxygens (including phenoxy) is 1. The smallest absolute Gasteiger partial charge is 0.430 e. The van der Waals surface area contributed by atoms with Gasteiger partial charge in [-0.25, -0.2) is 23.4 Å². The van der Waals surface area contributed by atoms with Crippen molar-refractivity contribution in [3.8, 4) is 5.88 Å². The molecule has 0 bridgehead atoms. The van der Waals surface area contributed by atoms with E-state index < -0.39 is 39.8 Å². The number of ketones is 1. The molecule has 0 aliphatic rings. The molecule has 3 rings (SSSR count). The van der Waals surface area contributed by atoms with Crippen molar-refractivity contribution in [2.45, 2.75) is 32.5 Å². The highest BCUT2D eigenvalue weighted by Crippen LogP contribution is 2.40. The first-order valence-corrected chi connectivity index (χ1v) is 11.4. The summed E-state index contributed by atoms with van der Waals surface area (Å²) >= 11 is 0.533. The maximum Gasteiger partial charge on any atom is 0.430 e. The minimum Gasteiger partial charge on any atom is -0.456 e. The van der Waals surface area contributed by atoms with Crippen LogP contribution in [-0.4, -0.2) is 41.1 Å². The maximum atomic E-state index is 13.8. The number of fused-ring (bicyclic) bond motifs is 1. The van der Waals surface area contributed by atoms with Crippen LogP contribution in [0.25, 0.3) is 11.0 Å². The van der Waals surface area contributed by atoms with E-state index in [1.165, 1.54) is 19.1 Å². The molecule has 0 radical (unpaired) electrons. The summed E-state index contributed by atoms with van der Waals surface area (Å²) < 4.78 is 73.1. The lowest BCUT2D eigenvalue weighted by Gasteiger charge is -2.21. The Morgan fingerprint density at radius 1 is 1.23 bits per heavy atom. The molecule has 1 aromatic carbocycles. The van der Waals surface area contributed by atoms with Crippen LogP contribution in [-0.2, 0) is 10.0 Å². The van der Waals surface area contributed by atoms with E-state index in [0.29, 0.717) is 11.3 Å². The summed E-state index contributed by atoms with van der Waals surface area (Å²) in [6, 6.07) is 6.27. The number of alkyl halides is 3. The minimum absolute atomic E-state index is 0.110. The molecule has 8 nitrogen and oxygen atoms in total. The number of Topliss-reactive ketones (excluding diaryl/α,β-unsaturated/α-hetero) is 1. The number of aromatic nitrogens is 3. The molecule has 2 heterocycles. The number of rotatable bonds is 8. The van der Waals surface area contributed by atoms with Gasteiger partial charge in [0.05, 0.1) is 21.7 Å². The van der Waals surface area contributed by atoms with Crippen molar-refractivity contribution >= 4 is 44.0 Å². The third kappa shape index (κ3) is 5.47. The highest BCUT2D eigenvalue weighted by atomic mass is 32.2. The van der Waals surface area contributed by atoms with Gasteiger partial charge in [-0.1, -0.05) is 19.1 Å². The average molecular weight is 474 g/mol. The summed E-state index contributed by atoms with van der Waals surface area (Å²) in [7, 11) is -3.89. The van der Waals surface area contributed by atoms with Crippen LogP contribution in [0.4, 0.5) is 19.0 Å². The molecule has 31 heavy (non-hydrogen) atoms. The van der Waals surface area contributed by atoms with Crippen molar-refractivity contribution in [3.63, 3.8) is 0 Å². The molecule has 0 aliphatic carbocycles. The lowest BCUT2D eigenvalue weighted by molar-refractivity contribution is -0.197. The van der Waals surface area contributed by atoms with Gasteiger partial charge >= 0.3 is 6.18 Å². The fourth-order valence-corrected chi connectivity index (χ4v) is 4.50. The molecule has 1 atom stereocenters. The van der Waals surface area contributed by atoms with Crippen molar-refractivity contribution < 1.29 is 31.1 Å². The number of hydrogen-bond donors (Lipinski definition) is 1. The van der Waals surface area contributed by atoms with E-state index >= 15 is 0 Å². The van der Waals surface area contributed by atoms with E-state index in [0.717, 1.165) is 6.20 Å². The van der Waals surface area contributed by atoms with Gasteiger partial charge in [0.15, 0.2) is 10.8 Å². The van der Waals surface area contributed by atoms with Crippen LogP contribution >= 0.6 is 11.3 Å². The van der Waals surface area contributed by atoms with Gasteiger partial charge in [0.2, 0.25) is 21.9 Å². The molecule has 0 saturated heterocycles. The van der Waals surface area contributed by atoms with Crippen molar-refractivity contribution in [2.75, 3.05) is 10.5 Å². The van der Waals surface area contributed by atoms with Crippen LogP contribution < -0.4 is 9.46 Å². The number of carbonyl (C=O) groups is 1. The van der Waals surface area contributed by atoms with Crippen LogP contribution in [0.3, 0.4) is 0 Å². The molecular weight excluding hydrogens is 457 g/mol. The van der Waals surface area contributed by atoms with Gasteiger partial charge in [0.1, 0.15) is 0 Å². The second-order valence-corrected chi connectivity index (χ2v) is 9.35. The first-order valence-electron chi connectivity index (χ1n) is 8.97. The van der Waals surface area contributed by atoms with Gasteiger partial charge in [-0.2, -0.15) is 13.2 Å². The molecule has 0 fully saturated rings. The standard InChI is InChI=1S/C18H17F3N4O4S2/c1-3-8-31(27,28)25-15-16(24-12-7-5-4-6-11(12)23-15)29-14(18(19,20)21)13-9-22-17(30-13)10(2)26/h4-7,9,14H,3,8H2,1-2H3,(H,23,25). The van der Waals surface area contributed by atoms with E-state index in [2.05, 4.69) is 19.7 Å². The fourth-order valence-electron chi connectivity index (χ4n) is 2.57. The number of nitrogens with one attached hydrogen (secondary N) is 1. The Labute approximate surface area is 179 Å². The zero-order valence-corrected chi connectivity index (χ0v) is 17.9. The zero-order chi connectivity index (χ0) is 22.8. The predicted molar refractivity (Wildman–Crippen MR) is 109 cm³/mol. The summed E-state index contributed by atoms with van der Waals surface area (Å²) in [5.41, 5.74) is 0.481. The van der Waals surface area contributed by atoms with Gasteiger partial charge < -0.3 is 4.74 Å². The summed E-state index contributed by atoms with van der Waals surface area (Å²) in [5.74, 6) is -1.85. The topological polar surface area (TPSA) is 111 Å². The zero-order valence-electron chi connectivity index (χ0n) is 16.3. The Kier molecular flexibility index (Phi) is 6.46. The Bertz CT molecular complexity index is 1210. The van der Waals surface area contributed by atoms with Crippen molar-refractivity contribution in [1.29, 1.82) is 0 Å². The number of para-hydroxylation sites is 2. The minimum atomic E-state index is -4.90. The SMILES string of the molecule is CCCS(=O)(=O)Nc1nc2ccccc2nc1OC(c1cnc(C(C)=O)s1)C(F)(F)F. The lowest BCUT2D eigenvalue weighted by atomic mass is 10.3. The third-order valence-electron chi connectivity index (χ3n) is 3.87. The first kappa shape index (κ1) is 22.9. The summed E-state index contributed by atoms with van der Waals surface area (Å²) in [6.45, 7) is 2.82. The predicted octanol–water partition coefficient (Wildman–Crippen LogP) is 4.12. The first-order chi connectivity index (χ1) is 14.5. The molecular formula is C18H17F3N4O4S2. The van der Waals surface area contributed by atoms with E-state index in [1.54, 1.807) is 19.1 Å². The van der Waals surface area contributed by atoms with Gasteiger partial charge in [0, 0.05) is 13.1 Å². The van der Waals surface area contributed by atoms with Crippen molar-refractivity contribution in [3.05, 3.63) is 40.3 Å². The van der Waals surface area contributed by atoms with Crippen LogP contribution in [0, 0.1) is 0 Å². The molecule has 0 amide bonds. The van der Waals surface area contributed by atoms with E-state index in [9.17, 15) is 26.4 Å². The molecule has 0 aliphatic heterocycles.